The summed E-state index contributed by atoms with van der Waals surface area (Å²) in [6.07, 6.45) is 2.28. The number of hydrogen-bond acceptors (Lipinski definition) is 4. The molecule has 1 fully saturated rings. The molecular formula is C11H18N2OS. The molecule has 0 amide bonds. The number of rotatable bonds is 3. The quantitative estimate of drug-likeness (QED) is 0.857. The molecule has 0 saturated carbocycles. The zero-order valence-corrected chi connectivity index (χ0v) is 10.1. The van der Waals surface area contributed by atoms with Gasteiger partial charge < -0.3 is 10.1 Å². The standard InChI is InChI=1S/C11H18N2OS/c1-8-13-10(7-15-8)11(12-2)9-3-5-14-6-4-9/h7,9,11-12H,3-6H2,1-2H3. The highest BCUT2D eigenvalue weighted by Crippen LogP contribution is 2.30. The smallest absolute Gasteiger partial charge is 0.0898 e. The van der Waals surface area contributed by atoms with Crippen molar-refractivity contribution in [3.63, 3.8) is 0 Å². The predicted octanol–water partition coefficient (Wildman–Crippen LogP) is 2.14. The molecule has 1 aliphatic rings. The van der Waals surface area contributed by atoms with Gasteiger partial charge in [-0.3, -0.25) is 0 Å². The first-order valence-corrected chi connectivity index (χ1v) is 6.36. The van der Waals surface area contributed by atoms with Crippen molar-refractivity contribution in [2.24, 2.45) is 5.92 Å². The summed E-state index contributed by atoms with van der Waals surface area (Å²) < 4.78 is 5.39. The third kappa shape index (κ3) is 2.56. The van der Waals surface area contributed by atoms with Crippen LogP contribution in [-0.4, -0.2) is 25.2 Å². The molecule has 0 spiro atoms. The molecule has 0 bridgehead atoms. The molecule has 0 aromatic carbocycles. The second-order valence-corrected chi connectivity index (χ2v) is 5.07. The monoisotopic (exact) mass is 226 g/mol. The second-order valence-electron chi connectivity index (χ2n) is 4.01. The summed E-state index contributed by atoms with van der Waals surface area (Å²) >= 11 is 1.73. The Morgan fingerprint density at radius 1 is 1.53 bits per heavy atom. The minimum absolute atomic E-state index is 0.402. The summed E-state index contributed by atoms with van der Waals surface area (Å²) in [5.74, 6) is 0.672. The lowest BCUT2D eigenvalue weighted by atomic mass is 9.90. The first kappa shape index (κ1) is 11.0. The molecule has 1 unspecified atom stereocenters. The molecule has 84 valence electrons. The average molecular weight is 226 g/mol. The summed E-state index contributed by atoms with van der Waals surface area (Å²) in [7, 11) is 2.02. The number of aryl methyl sites for hydroxylation is 1. The van der Waals surface area contributed by atoms with E-state index in [9.17, 15) is 0 Å². The maximum atomic E-state index is 5.39. The number of thiazole rings is 1. The fraction of sp³-hybridized carbons (Fsp3) is 0.727. The average Bonchev–Trinajstić information content (AvgIpc) is 2.68. The van der Waals surface area contributed by atoms with Crippen LogP contribution >= 0.6 is 11.3 Å². The number of hydrogen-bond donors (Lipinski definition) is 1. The van der Waals surface area contributed by atoms with E-state index in [1.807, 2.05) is 7.05 Å². The van der Waals surface area contributed by atoms with Gasteiger partial charge >= 0.3 is 0 Å². The Labute approximate surface area is 94.9 Å². The third-order valence-electron chi connectivity index (χ3n) is 3.00. The number of nitrogens with one attached hydrogen (secondary N) is 1. The molecule has 1 aromatic heterocycles. The molecule has 4 heteroatoms. The number of aromatic nitrogens is 1. The molecule has 2 heterocycles. The van der Waals surface area contributed by atoms with Crippen molar-refractivity contribution >= 4 is 11.3 Å². The van der Waals surface area contributed by atoms with Gasteiger partial charge in [0.05, 0.1) is 16.7 Å². The Kier molecular flexibility index (Phi) is 3.72. The SMILES string of the molecule is CNC(c1csc(C)n1)C1CCOCC1. The van der Waals surface area contributed by atoms with Crippen LogP contribution in [0.25, 0.3) is 0 Å². The van der Waals surface area contributed by atoms with Crippen molar-refractivity contribution < 1.29 is 4.74 Å². The van der Waals surface area contributed by atoms with E-state index >= 15 is 0 Å². The zero-order chi connectivity index (χ0) is 10.7. The normalized spacial score (nSPS) is 20.4. The third-order valence-corrected chi connectivity index (χ3v) is 3.80. The second kappa shape index (κ2) is 5.05. The van der Waals surface area contributed by atoms with Crippen LogP contribution < -0.4 is 5.32 Å². The Morgan fingerprint density at radius 2 is 2.27 bits per heavy atom. The minimum atomic E-state index is 0.402. The fourth-order valence-electron chi connectivity index (χ4n) is 2.20. The van der Waals surface area contributed by atoms with Gasteiger partial charge in [0.1, 0.15) is 0 Å². The summed E-state index contributed by atoms with van der Waals surface area (Å²) in [6.45, 7) is 3.85. The molecule has 15 heavy (non-hydrogen) atoms. The number of ether oxygens (including phenoxy) is 1. The van der Waals surface area contributed by atoms with Crippen molar-refractivity contribution in [1.29, 1.82) is 0 Å². The molecule has 2 rings (SSSR count). The van der Waals surface area contributed by atoms with Gasteiger partial charge in [-0.2, -0.15) is 0 Å². The Balaban J connectivity index is 2.08. The lowest BCUT2D eigenvalue weighted by Crippen LogP contribution is -2.30. The largest absolute Gasteiger partial charge is 0.381 e. The van der Waals surface area contributed by atoms with E-state index in [1.54, 1.807) is 11.3 Å². The van der Waals surface area contributed by atoms with Gasteiger partial charge in [-0.15, -0.1) is 11.3 Å². The highest BCUT2D eigenvalue weighted by molar-refractivity contribution is 7.09. The van der Waals surface area contributed by atoms with E-state index in [0.29, 0.717) is 12.0 Å². The van der Waals surface area contributed by atoms with Crippen LogP contribution in [0.4, 0.5) is 0 Å². The molecule has 1 atom stereocenters. The van der Waals surface area contributed by atoms with Gasteiger partial charge in [-0.1, -0.05) is 0 Å². The number of nitrogens with zero attached hydrogens (tertiary/aromatic N) is 1. The molecule has 0 aliphatic carbocycles. The maximum absolute atomic E-state index is 5.39. The Morgan fingerprint density at radius 3 is 2.80 bits per heavy atom. The molecule has 1 aliphatic heterocycles. The van der Waals surface area contributed by atoms with Crippen molar-refractivity contribution in [3.05, 3.63) is 16.1 Å². The molecule has 1 aromatic rings. The topological polar surface area (TPSA) is 34.2 Å². The minimum Gasteiger partial charge on any atom is -0.381 e. The van der Waals surface area contributed by atoms with E-state index in [0.717, 1.165) is 31.1 Å². The van der Waals surface area contributed by atoms with E-state index in [1.165, 1.54) is 5.69 Å². The van der Waals surface area contributed by atoms with Crippen LogP contribution in [0.15, 0.2) is 5.38 Å². The highest BCUT2D eigenvalue weighted by Gasteiger charge is 2.25. The van der Waals surface area contributed by atoms with Gasteiger partial charge in [-0.25, -0.2) is 4.98 Å². The van der Waals surface area contributed by atoms with E-state index in [2.05, 4.69) is 22.6 Å². The van der Waals surface area contributed by atoms with Crippen LogP contribution in [0.1, 0.15) is 29.6 Å². The van der Waals surface area contributed by atoms with Crippen LogP contribution in [0, 0.1) is 12.8 Å². The molecular weight excluding hydrogens is 208 g/mol. The van der Waals surface area contributed by atoms with Crippen molar-refractivity contribution in [1.82, 2.24) is 10.3 Å². The molecule has 1 N–H and O–H groups in total. The highest BCUT2D eigenvalue weighted by atomic mass is 32.1. The van der Waals surface area contributed by atoms with Crippen molar-refractivity contribution in [2.75, 3.05) is 20.3 Å². The summed E-state index contributed by atoms with van der Waals surface area (Å²) in [5.41, 5.74) is 1.20. The molecule has 1 saturated heterocycles. The lowest BCUT2D eigenvalue weighted by molar-refractivity contribution is 0.0542. The van der Waals surface area contributed by atoms with Crippen LogP contribution in [-0.2, 0) is 4.74 Å². The summed E-state index contributed by atoms with van der Waals surface area (Å²) in [6, 6.07) is 0.402. The van der Waals surface area contributed by atoms with Gasteiger partial charge in [0.25, 0.3) is 0 Å². The predicted molar refractivity (Wildman–Crippen MR) is 62.2 cm³/mol. The van der Waals surface area contributed by atoms with E-state index in [-0.39, 0.29) is 0 Å². The van der Waals surface area contributed by atoms with Gasteiger partial charge in [-0.05, 0) is 32.7 Å². The lowest BCUT2D eigenvalue weighted by Gasteiger charge is -2.28. The van der Waals surface area contributed by atoms with Crippen LogP contribution in [0.5, 0.6) is 0 Å². The van der Waals surface area contributed by atoms with Gasteiger partial charge in [0, 0.05) is 18.6 Å². The maximum Gasteiger partial charge on any atom is 0.0898 e. The Bertz CT molecular complexity index is 307. The van der Waals surface area contributed by atoms with Gasteiger partial charge in [0.2, 0.25) is 0 Å². The fourth-order valence-corrected chi connectivity index (χ4v) is 2.85. The Hall–Kier alpha value is -0.450. The van der Waals surface area contributed by atoms with E-state index in [4.69, 9.17) is 4.74 Å². The van der Waals surface area contributed by atoms with E-state index < -0.39 is 0 Å². The molecule has 0 radical (unpaired) electrons. The molecule has 3 nitrogen and oxygen atoms in total. The summed E-state index contributed by atoms with van der Waals surface area (Å²) in [5, 5.41) is 6.71. The first-order chi connectivity index (χ1) is 7.31. The van der Waals surface area contributed by atoms with Crippen molar-refractivity contribution in [3.8, 4) is 0 Å². The van der Waals surface area contributed by atoms with Crippen LogP contribution in [0.3, 0.4) is 0 Å². The van der Waals surface area contributed by atoms with Crippen molar-refractivity contribution in [2.45, 2.75) is 25.8 Å². The first-order valence-electron chi connectivity index (χ1n) is 5.48. The van der Waals surface area contributed by atoms with Gasteiger partial charge in [0.15, 0.2) is 0 Å². The summed E-state index contributed by atoms with van der Waals surface area (Å²) in [4.78, 5) is 4.57. The van der Waals surface area contributed by atoms with Crippen LogP contribution in [0.2, 0.25) is 0 Å². The zero-order valence-electron chi connectivity index (χ0n) is 9.32.